The number of hydrogen-bond donors (Lipinski definition) is 2. The molecule has 0 aliphatic heterocycles. The van der Waals surface area contributed by atoms with Crippen molar-refractivity contribution in [2.75, 3.05) is 5.73 Å². The van der Waals surface area contributed by atoms with Gasteiger partial charge in [-0.3, -0.25) is 5.10 Å². The molecule has 14 heavy (non-hydrogen) atoms. The Kier molecular flexibility index (Phi) is 2.35. The van der Waals surface area contributed by atoms with E-state index in [1.54, 1.807) is 24.3 Å². The summed E-state index contributed by atoms with van der Waals surface area (Å²) in [4.78, 5) is 0. The second-order valence-electron chi connectivity index (χ2n) is 2.80. The van der Waals surface area contributed by atoms with Crippen LogP contribution in [0.4, 0.5) is 5.82 Å². The molecule has 1 aromatic carbocycles. The van der Waals surface area contributed by atoms with E-state index in [0.29, 0.717) is 15.9 Å². The van der Waals surface area contributed by atoms with Gasteiger partial charge in [0.15, 0.2) is 0 Å². The van der Waals surface area contributed by atoms with E-state index in [4.69, 9.17) is 28.9 Å². The average Bonchev–Trinajstić information content (AvgIpc) is 2.51. The first-order chi connectivity index (χ1) is 6.68. The highest BCUT2D eigenvalue weighted by molar-refractivity contribution is 6.39. The molecule has 0 radical (unpaired) electrons. The van der Waals surface area contributed by atoms with Gasteiger partial charge in [-0.1, -0.05) is 29.3 Å². The number of nitrogens with two attached hydrogens (primary N) is 1. The molecule has 0 aliphatic rings. The maximum atomic E-state index is 6.00. The quantitative estimate of drug-likeness (QED) is 0.788. The van der Waals surface area contributed by atoms with Crippen molar-refractivity contribution in [3.8, 4) is 11.3 Å². The predicted molar refractivity (Wildman–Crippen MR) is 58.5 cm³/mol. The third kappa shape index (κ3) is 1.56. The fourth-order valence-electron chi connectivity index (χ4n) is 1.22. The number of nitrogens with zero attached hydrogens (tertiary/aromatic N) is 1. The SMILES string of the molecule is Nc1cc(-c2c(Cl)cccc2Cl)[nH]n1. The maximum Gasteiger partial charge on any atom is 0.145 e. The number of halogens is 2. The lowest BCUT2D eigenvalue weighted by atomic mass is 10.1. The minimum atomic E-state index is 0.413. The highest BCUT2D eigenvalue weighted by Gasteiger charge is 2.09. The Morgan fingerprint density at radius 2 is 1.86 bits per heavy atom. The van der Waals surface area contributed by atoms with Crippen LogP contribution in [0.1, 0.15) is 0 Å². The van der Waals surface area contributed by atoms with Crippen molar-refractivity contribution in [1.82, 2.24) is 10.2 Å². The van der Waals surface area contributed by atoms with Crippen molar-refractivity contribution in [2.24, 2.45) is 0 Å². The molecule has 3 N–H and O–H groups in total. The zero-order valence-electron chi connectivity index (χ0n) is 7.09. The van der Waals surface area contributed by atoms with Gasteiger partial charge >= 0.3 is 0 Å². The van der Waals surface area contributed by atoms with Crippen LogP contribution in [0.2, 0.25) is 10.0 Å². The summed E-state index contributed by atoms with van der Waals surface area (Å²) in [5, 5.41) is 7.71. The van der Waals surface area contributed by atoms with Gasteiger partial charge in [0.05, 0.1) is 15.7 Å². The zero-order chi connectivity index (χ0) is 10.1. The Hall–Kier alpha value is -1.19. The van der Waals surface area contributed by atoms with Gasteiger partial charge in [0.1, 0.15) is 5.82 Å². The third-order valence-corrected chi connectivity index (χ3v) is 2.46. The van der Waals surface area contributed by atoms with Gasteiger partial charge in [-0.25, -0.2) is 0 Å². The largest absolute Gasteiger partial charge is 0.382 e. The van der Waals surface area contributed by atoms with E-state index < -0.39 is 0 Å². The monoisotopic (exact) mass is 227 g/mol. The molecule has 2 aromatic rings. The van der Waals surface area contributed by atoms with E-state index in [-0.39, 0.29) is 0 Å². The van der Waals surface area contributed by atoms with E-state index >= 15 is 0 Å². The van der Waals surface area contributed by atoms with E-state index in [1.807, 2.05) is 0 Å². The van der Waals surface area contributed by atoms with Gasteiger partial charge in [0.2, 0.25) is 0 Å². The Labute approximate surface area is 90.8 Å². The Balaban J connectivity index is 2.61. The molecule has 0 unspecified atom stereocenters. The number of aromatic amines is 1. The molecule has 2 rings (SSSR count). The summed E-state index contributed by atoms with van der Waals surface area (Å²) in [6.07, 6.45) is 0. The second kappa shape index (κ2) is 3.52. The highest BCUT2D eigenvalue weighted by atomic mass is 35.5. The molecule has 0 bridgehead atoms. The first kappa shape index (κ1) is 9.37. The van der Waals surface area contributed by atoms with Crippen LogP contribution in [0.5, 0.6) is 0 Å². The van der Waals surface area contributed by atoms with Crippen molar-refractivity contribution in [3.63, 3.8) is 0 Å². The molecule has 0 atom stereocenters. The van der Waals surface area contributed by atoms with Crippen molar-refractivity contribution >= 4 is 29.0 Å². The number of anilines is 1. The van der Waals surface area contributed by atoms with Crippen LogP contribution in [-0.4, -0.2) is 10.2 Å². The standard InChI is InChI=1S/C9H7Cl2N3/c10-5-2-1-3-6(11)9(5)7-4-8(12)14-13-7/h1-4H,(H3,12,13,14). The van der Waals surface area contributed by atoms with Gasteiger partial charge in [-0.15, -0.1) is 0 Å². The van der Waals surface area contributed by atoms with Gasteiger partial charge in [-0.2, -0.15) is 5.10 Å². The van der Waals surface area contributed by atoms with E-state index in [0.717, 1.165) is 11.3 Å². The van der Waals surface area contributed by atoms with Crippen molar-refractivity contribution < 1.29 is 0 Å². The summed E-state index contributed by atoms with van der Waals surface area (Å²) < 4.78 is 0. The minimum Gasteiger partial charge on any atom is -0.382 e. The second-order valence-corrected chi connectivity index (χ2v) is 3.62. The minimum absolute atomic E-state index is 0.413. The van der Waals surface area contributed by atoms with Crippen LogP contribution in [0.25, 0.3) is 11.3 Å². The fraction of sp³-hybridized carbons (Fsp3) is 0. The van der Waals surface area contributed by atoms with Gasteiger partial charge < -0.3 is 5.73 Å². The van der Waals surface area contributed by atoms with Crippen LogP contribution in [0.3, 0.4) is 0 Å². The van der Waals surface area contributed by atoms with Crippen molar-refractivity contribution in [1.29, 1.82) is 0 Å². The average molecular weight is 228 g/mol. The van der Waals surface area contributed by atoms with E-state index in [1.165, 1.54) is 0 Å². The summed E-state index contributed by atoms with van der Waals surface area (Å²) in [5.74, 6) is 0.413. The Bertz CT molecular complexity index is 445. The van der Waals surface area contributed by atoms with Crippen LogP contribution >= 0.6 is 23.2 Å². The molecular weight excluding hydrogens is 221 g/mol. The first-order valence-electron chi connectivity index (χ1n) is 3.94. The molecule has 0 amide bonds. The molecule has 0 aliphatic carbocycles. The smallest absolute Gasteiger partial charge is 0.145 e. The van der Waals surface area contributed by atoms with E-state index in [2.05, 4.69) is 10.2 Å². The number of hydrogen-bond acceptors (Lipinski definition) is 2. The topological polar surface area (TPSA) is 54.7 Å². The number of rotatable bonds is 1. The maximum absolute atomic E-state index is 6.00. The molecule has 5 heteroatoms. The van der Waals surface area contributed by atoms with Crippen molar-refractivity contribution in [2.45, 2.75) is 0 Å². The first-order valence-corrected chi connectivity index (χ1v) is 4.69. The molecule has 72 valence electrons. The number of nitrogen functional groups attached to an aromatic ring is 1. The van der Waals surface area contributed by atoms with Crippen LogP contribution in [0, 0.1) is 0 Å². The lowest BCUT2D eigenvalue weighted by molar-refractivity contribution is 1.10. The molecular formula is C9H7Cl2N3. The van der Waals surface area contributed by atoms with Gasteiger partial charge in [0.25, 0.3) is 0 Å². The van der Waals surface area contributed by atoms with Crippen molar-refractivity contribution in [3.05, 3.63) is 34.3 Å². The number of H-pyrrole nitrogens is 1. The van der Waals surface area contributed by atoms with Crippen LogP contribution in [0.15, 0.2) is 24.3 Å². The highest BCUT2D eigenvalue weighted by Crippen LogP contribution is 2.33. The normalized spacial score (nSPS) is 10.4. The molecule has 0 spiro atoms. The third-order valence-electron chi connectivity index (χ3n) is 1.83. The molecule has 1 heterocycles. The summed E-state index contributed by atoms with van der Waals surface area (Å²) in [7, 11) is 0. The lowest BCUT2D eigenvalue weighted by Gasteiger charge is -2.02. The summed E-state index contributed by atoms with van der Waals surface area (Å²) >= 11 is 12.0. The van der Waals surface area contributed by atoms with E-state index in [9.17, 15) is 0 Å². The van der Waals surface area contributed by atoms with Gasteiger partial charge in [0, 0.05) is 11.6 Å². The Morgan fingerprint density at radius 1 is 1.21 bits per heavy atom. The number of aromatic nitrogens is 2. The summed E-state index contributed by atoms with van der Waals surface area (Å²) in [6, 6.07) is 7.00. The number of nitrogens with one attached hydrogen (secondary N) is 1. The van der Waals surface area contributed by atoms with Crippen LogP contribution in [-0.2, 0) is 0 Å². The lowest BCUT2D eigenvalue weighted by Crippen LogP contribution is -1.81. The molecule has 0 saturated heterocycles. The van der Waals surface area contributed by atoms with Gasteiger partial charge in [-0.05, 0) is 12.1 Å². The molecule has 0 fully saturated rings. The van der Waals surface area contributed by atoms with Crippen LogP contribution < -0.4 is 5.73 Å². The zero-order valence-corrected chi connectivity index (χ0v) is 8.60. The Morgan fingerprint density at radius 3 is 2.36 bits per heavy atom. The summed E-state index contributed by atoms with van der Waals surface area (Å²) in [5.41, 5.74) is 6.93. The summed E-state index contributed by atoms with van der Waals surface area (Å²) in [6.45, 7) is 0. The number of benzene rings is 1. The molecule has 1 aromatic heterocycles. The predicted octanol–water partition coefficient (Wildman–Crippen LogP) is 2.97. The molecule has 0 saturated carbocycles. The molecule has 3 nitrogen and oxygen atoms in total. The fourth-order valence-corrected chi connectivity index (χ4v) is 1.82.